The lowest BCUT2D eigenvalue weighted by Gasteiger charge is -2.11. The lowest BCUT2D eigenvalue weighted by atomic mass is 10.1. The molecule has 0 radical (unpaired) electrons. The highest BCUT2D eigenvalue weighted by Gasteiger charge is 2.52. The molecule has 0 spiro atoms. The molecule has 25 heavy (non-hydrogen) atoms. The van der Waals surface area contributed by atoms with Gasteiger partial charge in [-0.3, -0.25) is 4.79 Å². The first-order valence-electron chi connectivity index (χ1n) is 8.04. The standard InChI is InChI=1S/C17H15F2N3O3/c18-10-4-2-6-12(13(10)19)22-11-5-1-3-9(11)14(21-22)15(23)20-17(7-8-17)16(24)25/h2,4,6H,1,3,5,7-8H2,(H,20,23)(H,24,25). The topological polar surface area (TPSA) is 84.2 Å². The van der Waals surface area contributed by atoms with Crippen LogP contribution < -0.4 is 5.32 Å². The maximum Gasteiger partial charge on any atom is 0.329 e. The van der Waals surface area contributed by atoms with E-state index in [0.29, 0.717) is 36.9 Å². The summed E-state index contributed by atoms with van der Waals surface area (Å²) in [4.78, 5) is 23.8. The molecule has 0 saturated heterocycles. The molecule has 1 aromatic carbocycles. The van der Waals surface area contributed by atoms with Gasteiger partial charge in [0.05, 0.1) is 0 Å². The van der Waals surface area contributed by atoms with Gasteiger partial charge in [0.1, 0.15) is 11.2 Å². The molecule has 130 valence electrons. The first kappa shape index (κ1) is 15.7. The third-order valence-corrected chi connectivity index (χ3v) is 4.82. The fourth-order valence-electron chi connectivity index (χ4n) is 3.27. The molecule has 1 heterocycles. The maximum atomic E-state index is 14.1. The van der Waals surface area contributed by atoms with Crippen molar-refractivity contribution >= 4 is 11.9 Å². The summed E-state index contributed by atoms with van der Waals surface area (Å²) in [5.74, 6) is -3.69. The Morgan fingerprint density at radius 3 is 2.68 bits per heavy atom. The molecule has 1 amide bonds. The summed E-state index contributed by atoms with van der Waals surface area (Å²) in [6, 6.07) is 3.78. The van der Waals surface area contributed by atoms with Crippen LogP contribution >= 0.6 is 0 Å². The van der Waals surface area contributed by atoms with Crippen molar-refractivity contribution in [3.8, 4) is 5.69 Å². The molecule has 1 saturated carbocycles. The van der Waals surface area contributed by atoms with Gasteiger partial charge in [0.2, 0.25) is 0 Å². The van der Waals surface area contributed by atoms with Gasteiger partial charge < -0.3 is 10.4 Å². The second kappa shape index (κ2) is 5.37. The number of carboxylic acids is 1. The molecule has 0 atom stereocenters. The number of nitrogens with zero attached hydrogens (tertiary/aromatic N) is 2. The second-order valence-corrected chi connectivity index (χ2v) is 6.45. The molecule has 4 rings (SSSR count). The van der Waals surface area contributed by atoms with Gasteiger partial charge in [-0.2, -0.15) is 5.10 Å². The number of hydrogen-bond acceptors (Lipinski definition) is 3. The van der Waals surface area contributed by atoms with E-state index in [2.05, 4.69) is 10.4 Å². The van der Waals surface area contributed by atoms with E-state index in [-0.39, 0.29) is 11.4 Å². The molecule has 2 aromatic rings. The number of rotatable bonds is 4. The molecule has 0 unspecified atom stereocenters. The Hall–Kier alpha value is -2.77. The molecule has 8 heteroatoms. The number of carbonyl (C=O) groups is 2. The molecule has 2 aliphatic rings. The number of hydrogen-bond donors (Lipinski definition) is 2. The summed E-state index contributed by atoms with van der Waals surface area (Å²) < 4.78 is 28.9. The average molecular weight is 347 g/mol. The second-order valence-electron chi connectivity index (χ2n) is 6.45. The third-order valence-electron chi connectivity index (χ3n) is 4.82. The minimum absolute atomic E-state index is 0.0587. The highest BCUT2D eigenvalue weighted by Crippen LogP contribution is 2.36. The van der Waals surface area contributed by atoms with Gasteiger partial charge in [-0.1, -0.05) is 6.07 Å². The van der Waals surface area contributed by atoms with Gasteiger partial charge in [0, 0.05) is 11.3 Å². The third kappa shape index (κ3) is 2.40. The lowest BCUT2D eigenvalue weighted by molar-refractivity contribution is -0.140. The van der Waals surface area contributed by atoms with E-state index in [1.54, 1.807) is 0 Å². The van der Waals surface area contributed by atoms with Crippen LogP contribution in [0.25, 0.3) is 5.69 Å². The normalized spacial score (nSPS) is 17.2. The average Bonchev–Trinajstić information content (AvgIpc) is 3.04. The zero-order chi connectivity index (χ0) is 17.8. The Balaban J connectivity index is 1.75. The fraction of sp³-hybridized carbons (Fsp3) is 0.353. The van der Waals surface area contributed by atoms with E-state index in [1.807, 2.05) is 0 Å². The first-order valence-corrected chi connectivity index (χ1v) is 8.04. The summed E-state index contributed by atoms with van der Waals surface area (Å²) in [7, 11) is 0. The Bertz CT molecular complexity index is 903. The number of amides is 1. The van der Waals surface area contributed by atoms with Crippen LogP contribution in [-0.2, 0) is 17.6 Å². The maximum absolute atomic E-state index is 14.1. The minimum Gasteiger partial charge on any atom is -0.480 e. The zero-order valence-corrected chi connectivity index (χ0v) is 13.2. The Morgan fingerprint density at radius 1 is 1.24 bits per heavy atom. The van der Waals surface area contributed by atoms with Crippen molar-refractivity contribution in [1.29, 1.82) is 0 Å². The Morgan fingerprint density at radius 2 is 2.00 bits per heavy atom. The van der Waals surface area contributed by atoms with Gasteiger partial charge >= 0.3 is 5.97 Å². The van der Waals surface area contributed by atoms with Gasteiger partial charge in [0.15, 0.2) is 17.3 Å². The number of benzene rings is 1. The van der Waals surface area contributed by atoms with E-state index >= 15 is 0 Å². The summed E-state index contributed by atoms with van der Waals surface area (Å²) in [6.07, 6.45) is 2.70. The van der Waals surface area contributed by atoms with Crippen LogP contribution in [0.4, 0.5) is 8.78 Å². The molecule has 6 nitrogen and oxygen atoms in total. The van der Waals surface area contributed by atoms with E-state index in [9.17, 15) is 23.5 Å². The largest absolute Gasteiger partial charge is 0.480 e. The number of carbonyl (C=O) groups excluding carboxylic acids is 1. The van der Waals surface area contributed by atoms with Crippen LogP contribution in [0.1, 0.15) is 41.0 Å². The molecule has 0 bridgehead atoms. The summed E-state index contributed by atoms with van der Waals surface area (Å²) >= 11 is 0. The molecule has 2 aliphatic carbocycles. The van der Waals surface area contributed by atoms with E-state index in [4.69, 9.17) is 0 Å². The molecule has 1 fully saturated rings. The molecule has 0 aliphatic heterocycles. The zero-order valence-electron chi connectivity index (χ0n) is 13.2. The summed E-state index contributed by atoms with van der Waals surface area (Å²) in [5.41, 5.74) is 0.133. The van der Waals surface area contributed by atoms with Gasteiger partial charge in [-0.05, 0) is 44.2 Å². The van der Waals surface area contributed by atoms with Crippen LogP contribution in [0, 0.1) is 11.6 Å². The van der Waals surface area contributed by atoms with Crippen molar-refractivity contribution < 1.29 is 23.5 Å². The van der Waals surface area contributed by atoms with E-state index in [0.717, 1.165) is 12.5 Å². The van der Waals surface area contributed by atoms with Crippen molar-refractivity contribution in [2.24, 2.45) is 0 Å². The van der Waals surface area contributed by atoms with E-state index in [1.165, 1.54) is 16.8 Å². The monoisotopic (exact) mass is 347 g/mol. The molecule has 2 N–H and O–H groups in total. The minimum atomic E-state index is -1.23. The number of halogens is 2. The van der Waals surface area contributed by atoms with Gasteiger partial charge in [-0.15, -0.1) is 0 Å². The summed E-state index contributed by atoms with van der Waals surface area (Å²) in [5, 5.41) is 15.9. The van der Waals surface area contributed by atoms with Gasteiger partial charge in [-0.25, -0.2) is 18.3 Å². The first-order chi connectivity index (χ1) is 11.9. The van der Waals surface area contributed by atoms with Crippen molar-refractivity contribution in [3.05, 3.63) is 46.8 Å². The van der Waals surface area contributed by atoms with Crippen LogP contribution in [0.3, 0.4) is 0 Å². The van der Waals surface area contributed by atoms with Gasteiger partial charge in [0.25, 0.3) is 5.91 Å². The van der Waals surface area contributed by atoms with Crippen LogP contribution in [0.5, 0.6) is 0 Å². The van der Waals surface area contributed by atoms with Crippen molar-refractivity contribution in [1.82, 2.24) is 15.1 Å². The highest BCUT2D eigenvalue weighted by molar-refractivity contribution is 5.99. The quantitative estimate of drug-likeness (QED) is 0.886. The number of aliphatic carboxylic acids is 1. The SMILES string of the molecule is O=C(NC1(C(=O)O)CC1)c1nn(-c2cccc(F)c2F)c2c1CCC2. The lowest BCUT2D eigenvalue weighted by Crippen LogP contribution is -2.43. The number of nitrogens with one attached hydrogen (secondary N) is 1. The van der Waals surface area contributed by atoms with Crippen LogP contribution in [0.2, 0.25) is 0 Å². The predicted octanol–water partition coefficient (Wildman–Crippen LogP) is 1.99. The number of aromatic nitrogens is 2. The molecule has 1 aromatic heterocycles. The van der Waals surface area contributed by atoms with Crippen LogP contribution in [0.15, 0.2) is 18.2 Å². The van der Waals surface area contributed by atoms with Crippen molar-refractivity contribution in [3.63, 3.8) is 0 Å². The molecular formula is C17H15F2N3O3. The summed E-state index contributed by atoms with van der Waals surface area (Å²) in [6.45, 7) is 0. The fourth-order valence-corrected chi connectivity index (χ4v) is 3.27. The number of fused-ring (bicyclic) bond motifs is 1. The smallest absolute Gasteiger partial charge is 0.329 e. The van der Waals surface area contributed by atoms with E-state index < -0.39 is 29.0 Å². The molecular weight excluding hydrogens is 332 g/mol. The predicted molar refractivity (Wildman–Crippen MR) is 82.6 cm³/mol. The number of carboxylic acid groups (broad SMARTS) is 1. The van der Waals surface area contributed by atoms with Crippen molar-refractivity contribution in [2.45, 2.75) is 37.6 Å². The van der Waals surface area contributed by atoms with Crippen LogP contribution in [-0.4, -0.2) is 32.3 Å². The Kier molecular flexibility index (Phi) is 3.38. The highest BCUT2D eigenvalue weighted by atomic mass is 19.2. The Labute approximate surface area is 141 Å². The van der Waals surface area contributed by atoms with Crippen molar-refractivity contribution in [2.75, 3.05) is 0 Å².